The number of carbonyl (C=O) groups is 1. The van der Waals surface area contributed by atoms with Crippen LogP contribution in [0.15, 0.2) is 6.07 Å². The summed E-state index contributed by atoms with van der Waals surface area (Å²) in [5.41, 5.74) is 1.99. The van der Waals surface area contributed by atoms with Gasteiger partial charge in [0, 0.05) is 25.1 Å². The summed E-state index contributed by atoms with van der Waals surface area (Å²) < 4.78 is 1.80. The zero-order valence-electron chi connectivity index (χ0n) is 10.1. The molecule has 0 spiro atoms. The molecule has 0 aliphatic rings. The molecule has 1 aromatic rings. The molecule has 0 bridgehead atoms. The first-order valence-electron chi connectivity index (χ1n) is 5.60. The van der Waals surface area contributed by atoms with Crippen LogP contribution in [-0.4, -0.2) is 15.6 Å². The molecule has 0 amide bonds. The molecule has 0 atom stereocenters. The number of rotatable bonds is 5. The Labute approximate surface area is 91.5 Å². The van der Waals surface area contributed by atoms with Gasteiger partial charge in [-0.25, -0.2) is 0 Å². The molecule has 0 aliphatic heterocycles. The fourth-order valence-corrected chi connectivity index (χ4v) is 1.90. The molecule has 1 heterocycles. The van der Waals surface area contributed by atoms with Crippen LogP contribution in [0.1, 0.15) is 38.1 Å². The van der Waals surface area contributed by atoms with Crippen molar-refractivity contribution in [3.05, 3.63) is 17.5 Å². The van der Waals surface area contributed by atoms with Crippen molar-refractivity contribution in [3.8, 4) is 0 Å². The number of aryl methyl sites for hydroxylation is 2. The largest absolute Gasteiger partial charge is 0.299 e. The fraction of sp³-hybridized carbons (Fsp3) is 0.667. The summed E-state index contributed by atoms with van der Waals surface area (Å²) in [6, 6.07) is 1.99. The van der Waals surface area contributed by atoms with Crippen molar-refractivity contribution in [3.63, 3.8) is 0 Å². The van der Waals surface area contributed by atoms with Crippen LogP contribution >= 0.6 is 0 Å². The molecule has 0 saturated carbocycles. The van der Waals surface area contributed by atoms with Crippen LogP contribution in [-0.2, 0) is 18.3 Å². The van der Waals surface area contributed by atoms with E-state index in [1.807, 2.05) is 20.0 Å². The summed E-state index contributed by atoms with van der Waals surface area (Å²) in [7, 11) is 1.89. The molecule has 0 unspecified atom stereocenters. The second-order valence-corrected chi connectivity index (χ2v) is 4.06. The standard InChI is InChI=1S/C12H20N2O/c1-5-10(6-2)12(15)8-11-7-9(3)13-14(11)4/h7,10H,5-6,8H2,1-4H3. The quantitative estimate of drug-likeness (QED) is 0.744. The molecule has 0 saturated heterocycles. The molecule has 0 N–H and O–H groups in total. The summed E-state index contributed by atoms with van der Waals surface area (Å²) in [5, 5.41) is 4.24. The zero-order chi connectivity index (χ0) is 11.4. The first-order valence-corrected chi connectivity index (χ1v) is 5.60. The molecular formula is C12H20N2O. The Hall–Kier alpha value is -1.12. The van der Waals surface area contributed by atoms with Crippen LogP contribution in [0.2, 0.25) is 0 Å². The Kier molecular flexibility index (Phi) is 4.06. The fourth-order valence-electron chi connectivity index (χ4n) is 1.90. The third-order valence-corrected chi connectivity index (χ3v) is 2.90. The Balaban J connectivity index is 2.69. The Bertz CT molecular complexity index is 337. The van der Waals surface area contributed by atoms with E-state index in [2.05, 4.69) is 18.9 Å². The molecule has 0 aromatic carbocycles. The lowest BCUT2D eigenvalue weighted by molar-refractivity contribution is -0.122. The molecule has 84 valence electrons. The van der Waals surface area contributed by atoms with Gasteiger partial charge in [-0.15, -0.1) is 0 Å². The number of hydrogen-bond donors (Lipinski definition) is 0. The third-order valence-electron chi connectivity index (χ3n) is 2.90. The van der Waals surface area contributed by atoms with Crippen molar-refractivity contribution in [2.45, 2.75) is 40.0 Å². The maximum Gasteiger partial charge on any atom is 0.141 e. The predicted molar refractivity (Wildman–Crippen MR) is 60.7 cm³/mol. The third kappa shape index (κ3) is 2.91. The first-order chi connectivity index (χ1) is 7.08. The van der Waals surface area contributed by atoms with Crippen LogP contribution in [0.25, 0.3) is 0 Å². The van der Waals surface area contributed by atoms with E-state index in [0.717, 1.165) is 24.2 Å². The minimum absolute atomic E-state index is 0.209. The van der Waals surface area contributed by atoms with Crippen molar-refractivity contribution in [2.24, 2.45) is 13.0 Å². The SMILES string of the molecule is CCC(CC)C(=O)Cc1cc(C)nn1C. The Morgan fingerprint density at radius 2 is 2.07 bits per heavy atom. The lowest BCUT2D eigenvalue weighted by Gasteiger charge is -2.10. The van der Waals surface area contributed by atoms with Crippen molar-refractivity contribution in [2.75, 3.05) is 0 Å². The minimum Gasteiger partial charge on any atom is -0.299 e. The average Bonchev–Trinajstić information content (AvgIpc) is 2.47. The van der Waals surface area contributed by atoms with Crippen molar-refractivity contribution < 1.29 is 4.79 Å². The number of nitrogens with zero attached hydrogens (tertiary/aromatic N) is 2. The van der Waals surface area contributed by atoms with E-state index in [0.29, 0.717) is 12.2 Å². The molecule has 15 heavy (non-hydrogen) atoms. The molecule has 0 fully saturated rings. The summed E-state index contributed by atoms with van der Waals surface area (Å²) in [4.78, 5) is 11.9. The van der Waals surface area contributed by atoms with E-state index >= 15 is 0 Å². The van der Waals surface area contributed by atoms with Crippen LogP contribution in [0.5, 0.6) is 0 Å². The molecule has 1 aromatic heterocycles. The molecule has 0 aliphatic carbocycles. The summed E-state index contributed by atoms with van der Waals surface area (Å²) in [6.07, 6.45) is 2.39. The first kappa shape index (κ1) is 12.0. The second-order valence-electron chi connectivity index (χ2n) is 4.06. The zero-order valence-corrected chi connectivity index (χ0v) is 10.1. The molecule has 3 nitrogen and oxygen atoms in total. The van der Waals surface area contributed by atoms with Gasteiger partial charge in [0.2, 0.25) is 0 Å². The lowest BCUT2D eigenvalue weighted by Crippen LogP contribution is -2.16. The second kappa shape index (κ2) is 5.10. The number of aromatic nitrogens is 2. The lowest BCUT2D eigenvalue weighted by atomic mass is 9.95. The smallest absolute Gasteiger partial charge is 0.141 e. The predicted octanol–water partition coefficient (Wildman–Crippen LogP) is 2.28. The molecule has 0 radical (unpaired) electrons. The van der Waals surface area contributed by atoms with Gasteiger partial charge < -0.3 is 0 Å². The van der Waals surface area contributed by atoms with Gasteiger partial charge in [-0.3, -0.25) is 9.48 Å². The number of carbonyl (C=O) groups excluding carboxylic acids is 1. The van der Waals surface area contributed by atoms with Crippen LogP contribution in [0.4, 0.5) is 0 Å². The van der Waals surface area contributed by atoms with E-state index in [1.54, 1.807) is 4.68 Å². The van der Waals surface area contributed by atoms with Gasteiger partial charge >= 0.3 is 0 Å². The molecular weight excluding hydrogens is 188 g/mol. The van der Waals surface area contributed by atoms with Crippen molar-refractivity contribution >= 4 is 5.78 Å². The van der Waals surface area contributed by atoms with Gasteiger partial charge in [-0.2, -0.15) is 5.10 Å². The maximum absolute atomic E-state index is 11.9. The minimum atomic E-state index is 0.209. The Morgan fingerprint density at radius 1 is 1.47 bits per heavy atom. The van der Waals surface area contributed by atoms with Crippen LogP contribution in [0.3, 0.4) is 0 Å². The highest BCUT2D eigenvalue weighted by atomic mass is 16.1. The summed E-state index contributed by atoms with van der Waals surface area (Å²) in [5.74, 6) is 0.545. The number of hydrogen-bond acceptors (Lipinski definition) is 2. The van der Waals surface area contributed by atoms with Gasteiger partial charge in [-0.1, -0.05) is 13.8 Å². The highest BCUT2D eigenvalue weighted by molar-refractivity contribution is 5.82. The van der Waals surface area contributed by atoms with Crippen molar-refractivity contribution in [1.29, 1.82) is 0 Å². The van der Waals surface area contributed by atoms with Gasteiger partial charge in [0.25, 0.3) is 0 Å². The van der Waals surface area contributed by atoms with E-state index < -0.39 is 0 Å². The van der Waals surface area contributed by atoms with Gasteiger partial charge in [0.05, 0.1) is 5.69 Å². The van der Waals surface area contributed by atoms with E-state index in [4.69, 9.17) is 0 Å². The number of Topliss-reactive ketones (excluding diaryl/α,β-unsaturated/α-hetero) is 1. The average molecular weight is 208 g/mol. The van der Waals surface area contributed by atoms with Crippen molar-refractivity contribution in [1.82, 2.24) is 9.78 Å². The van der Waals surface area contributed by atoms with E-state index in [9.17, 15) is 4.79 Å². The topological polar surface area (TPSA) is 34.9 Å². The normalized spacial score (nSPS) is 11.0. The van der Waals surface area contributed by atoms with Gasteiger partial charge in [-0.05, 0) is 25.8 Å². The summed E-state index contributed by atoms with van der Waals surface area (Å²) >= 11 is 0. The highest BCUT2D eigenvalue weighted by Crippen LogP contribution is 2.13. The Morgan fingerprint density at radius 3 is 2.47 bits per heavy atom. The van der Waals surface area contributed by atoms with E-state index in [-0.39, 0.29) is 5.92 Å². The van der Waals surface area contributed by atoms with Gasteiger partial charge in [0.15, 0.2) is 0 Å². The number of ketones is 1. The summed E-state index contributed by atoms with van der Waals surface area (Å²) in [6.45, 7) is 6.09. The molecule has 1 rings (SSSR count). The highest BCUT2D eigenvalue weighted by Gasteiger charge is 2.16. The monoisotopic (exact) mass is 208 g/mol. The van der Waals surface area contributed by atoms with E-state index in [1.165, 1.54) is 0 Å². The van der Waals surface area contributed by atoms with Gasteiger partial charge in [0.1, 0.15) is 5.78 Å². The molecule has 3 heteroatoms. The maximum atomic E-state index is 11.9. The van der Waals surface area contributed by atoms with Crippen LogP contribution in [0, 0.1) is 12.8 Å². The van der Waals surface area contributed by atoms with Crippen LogP contribution < -0.4 is 0 Å².